The minimum absolute atomic E-state index is 0.0573. The topological polar surface area (TPSA) is 235 Å². The first-order valence-electron chi connectivity index (χ1n) is 17.6. The van der Waals surface area contributed by atoms with Gasteiger partial charge in [-0.15, -0.1) is 0 Å². The van der Waals surface area contributed by atoms with Gasteiger partial charge >= 0.3 is 5.97 Å². The van der Waals surface area contributed by atoms with E-state index in [0.717, 1.165) is 4.67 Å². The number of hydrogen-bond acceptors (Lipinski definition) is 11. The van der Waals surface area contributed by atoms with E-state index in [4.69, 9.17) is 14.2 Å². The van der Waals surface area contributed by atoms with E-state index in [-0.39, 0.29) is 99.6 Å². The minimum atomic E-state index is -1.12. The third-order valence-electron chi connectivity index (χ3n) is 8.17. The summed E-state index contributed by atoms with van der Waals surface area (Å²) in [6, 6.07) is 9.42. The Hall–Kier alpha value is -3.98. The molecule has 2 rings (SSSR count). The van der Waals surface area contributed by atoms with Crippen LogP contribution in [0.4, 0.5) is 0 Å². The zero-order valence-corrected chi connectivity index (χ0v) is 35.6. The third kappa shape index (κ3) is 17.0. The molecule has 0 heterocycles. The SMILES string of the molecule is O=Pc1cccc(C(=O)NCCCCN(CCCNC(=O)c2cccc(OP)c2OP)C(=O)CCC(=O)NCCCCCN(P=O)C(=O)CCC(=O)O)c1P=O. The number of unbranched alkanes of at least 4 members (excludes halogenated alkanes) is 3. The average Bonchev–Trinajstić information content (AvgIpc) is 3.21. The highest BCUT2D eigenvalue weighted by Gasteiger charge is 2.19. The molecule has 0 aromatic heterocycles. The van der Waals surface area contributed by atoms with Gasteiger partial charge in [0.05, 0.1) is 47.1 Å². The molecule has 0 spiro atoms. The molecule has 2 aromatic carbocycles. The number of aliphatic carboxylic acids is 1. The molecule has 56 heavy (non-hydrogen) atoms. The Morgan fingerprint density at radius 1 is 0.643 bits per heavy atom. The molecule has 5 amide bonds. The van der Waals surface area contributed by atoms with Crippen molar-refractivity contribution in [2.24, 2.45) is 0 Å². The summed E-state index contributed by atoms with van der Waals surface area (Å²) >= 11 is 0. The molecule has 0 radical (unpaired) electrons. The van der Waals surface area contributed by atoms with Crippen molar-refractivity contribution in [3.8, 4) is 11.5 Å². The van der Waals surface area contributed by atoms with Crippen molar-refractivity contribution >= 4 is 90.6 Å². The van der Waals surface area contributed by atoms with Crippen LogP contribution in [-0.4, -0.2) is 89.5 Å². The molecule has 2 unspecified atom stereocenters. The predicted molar refractivity (Wildman–Crippen MR) is 215 cm³/mol. The second-order valence-corrected chi connectivity index (χ2v) is 14.5. The number of carbonyl (C=O) groups excluding carboxylic acids is 5. The highest BCUT2D eigenvalue weighted by Crippen LogP contribution is 2.33. The number of carboxylic acid groups (broad SMARTS) is 1. The van der Waals surface area contributed by atoms with Gasteiger partial charge in [0.1, 0.15) is 0 Å². The molecule has 17 nitrogen and oxygen atoms in total. The first kappa shape index (κ1) is 48.2. The van der Waals surface area contributed by atoms with E-state index in [1.54, 1.807) is 29.2 Å². The van der Waals surface area contributed by atoms with E-state index >= 15 is 0 Å². The molecule has 0 fully saturated rings. The number of para-hydroxylation sites is 1. The Bertz CT molecular complexity index is 1700. The molecule has 22 heteroatoms. The number of amides is 5. The molecule has 2 aromatic rings. The lowest BCUT2D eigenvalue weighted by molar-refractivity contribution is -0.139. The number of benzene rings is 2. The second kappa shape index (κ2) is 27.6. The largest absolute Gasteiger partial charge is 0.481 e. The van der Waals surface area contributed by atoms with Gasteiger partial charge in [0, 0.05) is 58.5 Å². The fourth-order valence-electron chi connectivity index (χ4n) is 5.26. The van der Waals surface area contributed by atoms with Gasteiger partial charge in [0.15, 0.2) is 28.4 Å². The Balaban J connectivity index is 1.88. The molecule has 0 saturated heterocycles. The summed E-state index contributed by atoms with van der Waals surface area (Å²) in [5, 5.41) is 17.4. The predicted octanol–water partition coefficient (Wildman–Crippen LogP) is 3.98. The third-order valence-corrected chi connectivity index (χ3v) is 10.7. The van der Waals surface area contributed by atoms with Crippen LogP contribution < -0.4 is 35.6 Å². The van der Waals surface area contributed by atoms with E-state index in [1.165, 1.54) is 12.1 Å². The molecule has 0 aliphatic rings. The van der Waals surface area contributed by atoms with Gasteiger partial charge in [-0.3, -0.25) is 42.6 Å². The lowest BCUT2D eigenvalue weighted by Crippen LogP contribution is -2.36. The Labute approximate surface area is 334 Å². The minimum Gasteiger partial charge on any atom is -0.481 e. The number of nitrogens with one attached hydrogen (secondary N) is 3. The van der Waals surface area contributed by atoms with Crippen molar-refractivity contribution in [3.63, 3.8) is 0 Å². The van der Waals surface area contributed by atoms with Crippen LogP contribution in [0.3, 0.4) is 0 Å². The van der Waals surface area contributed by atoms with Crippen molar-refractivity contribution in [1.82, 2.24) is 25.5 Å². The summed E-state index contributed by atoms with van der Waals surface area (Å²) in [6.07, 6.45) is 2.37. The molecule has 0 saturated carbocycles. The molecule has 304 valence electrons. The molecular weight excluding hydrogens is 825 g/mol. The maximum Gasteiger partial charge on any atom is 0.303 e. The van der Waals surface area contributed by atoms with Crippen LogP contribution in [0.15, 0.2) is 36.4 Å². The number of hydrogen-bond donors (Lipinski definition) is 4. The standard InChI is InChI=1S/C34H46N5O12P5/c40-27(35-17-2-1-4-22-39(56-49)29(42)15-16-30(43)44)13-14-28(41)38(21-8-19-37-33(45)23-9-6-11-25(50-52)31(23)51-53)20-5-3-18-36-34(46)24-10-7-12-26(54-47)32(24)55-48/h6-7,9-12H,1-5,8,13-22,52-53H2,(H,35,40)(H,36,46)(H,37,45)(H,43,44). The fourth-order valence-corrected chi connectivity index (χ4v) is 7.14. The van der Waals surface area contributed by atoms with Gasteiger partial charge in [-0.2, -0.15) is 0 Å². The van der Waals surface area contributed by atoms with Gasteiger partial charge in [-0.05, 0) is 62.8 Å². The lowest BCUT2D eigenvalue weighted by Gasteiger charge is -2.23. The average molecular weight is 872 g/mol. The Kier molecular flexibility index (Phi) is 23.7. The van der Waals surface area contributed by atoms with Crippen molar-refractivity contribution in [2.45, 2.75) is 64.2 Å². The van der Waals surface area contributed by atoms with Gasteiger partial charge < -0.3 is 35.0 Å². The number of carbonyl (C=O) groups is 6. The van der Waals surface area contributed by atoms with E-state index in [9.17, 15) is 42.5 Å². The second-order valence-electron chi connectivity index (χ2n) is 12.1. The summed E-state index contributed by atoms with van der Waals surface area (Å²) in [4.78, 5) is 75.7. The quantitative estimate of drug-likeness (QED) is 0.0703. The Morgan fingerprint density at radius 3 is 1.91 bits per heavy atom. The fraction of sp³-hybridized carbons (Fsp3) is 0.471. The molecular formula is C34H46N5O12P5. The van der Waals surface area contributed by atoms with E-state index < -0.39 is 40.8 Å². The summed E-state index contributed by atoms with van der Waals surface area (Å²) < 4.78 is 45.7. The zero-order chi connectivity index (χ0) is 41.3. The summed E-state index contributed by atoms with van der Waals surface area (Å²) in [5.41, 5.74) is 0.408. The zero-order valence-electron chi connectivity index (χ0n) is 30.6. The van der Waals surface area contributed by atoms with Gasteiger partial charge in [-0.25, -0.2) is 4.57 Å². The van der Waals surface area contributed by atoms with Gasteiger partial charge in [-0.1, -0.05) is 12.1 Å². The highest BCUT2D eigenvalue weighted by atomic mass is 31.1. The molecule has 2 atom stereocenters. The summed E-state index contributed by atoms with van der Waals surface area (Å²) in [5.74, 6) is -2.51. The normalized spacial score (nSPS) is 10.8. The van der Waals surface area contributed by atoms with Crippen molar-refractivity contribution in [3.05, 3.63) is 47.5 Å². The van der Waals surface area contributed by atoms with Crippen molar-refractivity contribution < 1.29 is 56.6 Å². The summed E-state index contributed by atoms with van der Waals surface area (Å²) in [7, 11) is 2.88. The van der Waals surface area contributed by atoms with Crippen molar-refractivity contribution in [1.29, 1.82) is 0 Å². The van der Waals surface area contributed by atoms with Crippen LogP contribution in [0.5, 0.6) is 11.5 Å². The lowest BCUT2D eigenvalue weighted by atomic mass is 10.1. The van der Waals surface area contributed by atoms with Crippen LogP contribution in [0.1, 0.15) is 84.9 Å². The van der Waals surface area contributed by atoms with Gasteiger partial charge in [0.25, 0.3) is 20.4 Å². The van der Waals surface area contributed by atoms with Crippen LogP contribution >= 0.6 is 44.5 Å². The summed E-state index contributed by atoms with van der Waals surface area (Å²) in [6.45, 7) is 1.59. The number of rotatable bonds is 28. The smallest absolute Gasteiger partial charge is 0.303 e. The number of carboxylic acids is 1. The van der Waals surface area contributed by atoms with Crippen LogP contribution in [-0.2, 0) is 32.9 Å². The van der Waals surface area contributed by atoms with Crippen LogP contribution in [0, 0.1) is 0 Å². The van der Waals surface area contributed by atoms with Crippen LogP contribution in [0.2, 0.25) is 0 Å². The highest BCUT2D eigenvalue weighted by molar-refractivity contribution is 7.42. The first-order chi connectivity index (χ1) is 27.0. The van der Waals surface area contributed by atoms with Crippen LogP contribution in [0.25, 0.3) is 0 Å². The van der Waals surface area contributed by atoms with Crippen molar-refractivity contribution in [2.75, 3.05) is 39.3 Å². The van der Waals surface area contributed by atoms with E-state index in [0.29, 0.717) is 57.4 Å². The van der Waals surface area contributed by atoms with E-state index in [1.807, 2.05) is 0 Å². The first-order valence-corrected chi connectivity index (χ1v) is 21.0. The molecule has 0 bridgehead atoms. The monoisotopic (exact) mass is 871 g/mol. The molecule has 0 aliphatic heterocycles. The van der Waals surface area contributed by atoms with Gasteiger partial charge in [0.2, 0.25) is 17.7 Å². The Morgan fingerprint density at radius 2 is 1.25 bits per heavy atom. The molecule has 0 aliphatic carbocycles. The molecule has 4 N–H and O–H groups in total. The maximum absolute atomic E-state index is 13.3. The number of nitrogens with zero attached hydrogens (tertiary/aromatic N) is 2. The maximum atomic E-state index is 13.3. The van der Waals surface area contributed by atoms with E-state index in [2.05, 4.69) is 34.9 Å².